The molecule has 0 radical (unpaired) electrons. The molecule has 100 valence electrons. The summed E-state index contributed by atoms with van der Waals surface area (Å²) >= 11 is 5.91. The minimum absolute atomic E-state index is 0.185. The van der Waals surface area contributed by atoms with Crippen LogP contribution in [0, 0.1) is 5.92 Å². The topological polar surface area (TPSA) is 68.5 Å². The lowest BCUT2D eigenvalue weighted by atomic mass is 9.83. The molecule has 1 saturated carbocycles. The Bertz CT molecular complexity index is 537. The van der Waals surface area contributed by atoms with Crippen LogP contribution in [0.1, 0.15) is 25.7 Å². The second kappa shape index (κ2) is 5.52. The average molecular weight is 279 g/mol. The maximum absolute atomic E-state index is 5.91. The van der Waals surface area contributed by atoms with Gasteiger partial charge in [0, 0.05) is 18.9 Å². The molecule has 0 atom stereocenters. The van der Waals surface area contributed by atoms with E-state index in [2.05, 4.69) is 25.3 Å². The minimum Gasteiger partial charge on any atom is -0.354 e. The quantitative estimate of drug-likeness (QED) is 0.909. The second-order valence-corrected chi connectivity index (χ2v) is 5.05. The monoisotopic (exact) mass is 278 g/mol. The van der Waals surface area contributed by atoms with E-state index >= 15 is 0 Å². The van der Waals surface area contributed by atoms with Crippen molar-refractivity contribution in [2.75, 3.05) is 11.9 Å². The Morgan fingerprint density at radius 1 is 1.32 bits per heavy atom. The van der Waals surface area contributed by atoms with Gasteiger partial charge in [-0.15, -0.1) is 0 Å². The zero-order valence-electron chi connectivity index (χ0n) is 10.5. The SMILES string of the molecule is Clc1nc(NCCC2CCC2)nc(-n2ccnc2)n1. The first-order valence-electron chi connectivity index (χ1n) is 6.45. The van der Waals surface area contributed by atoms with Crippen LogP contribution in [-0.2, 0) is 0 Å². The smallest absolute Gasteiger partial charge is 0.241 e. The molecule has 2 aromatic rings. The number of nitrogens with zero attached hydrogens (tertiary/aromatic N) is 5. The van der Waals surface area contributed by atoms with E-state index < -0.39 is 0 Å². The fourth-order valence-corrected chi connectivity index (χ4v) is 2.24. The van der Waals surface area contributed by atoms with Crippen molar-refractivity contribution in [3.63, 3.8) is 0 Å². The molecule has 0 unspecified atom stereocenters. The molecule has 1 N–H and O–H groups in total. The Morgan fingerprint density at radius 3 is 2.89 bits per heavy atom. The Morgan fingerprint density at radius 2 is 2.21 bits per heavy atom. The number of rotatable bonds is 5. The average Bonchev–Trinajstić information content (AvgIpc) is 2.85. The van der Waals surface area contributed by atoms with Crippen LogP contribution < -0.4 is 5.32 Å². The predicted molar refractivity (Wildman–Crippen MR) is 72.4 cm³/mol. The third-order valence-electron chi connectivity index (χ3n) is 3.39. The molecule has 6 nitrogen and oxygen atoms in total. The normalized spacial score (nSPS) is 15.2. The number of nitrogens with one attached hydrogen (secondary N) is 1. The number of hydrogen-bond donors (Lipinski definition) is 1. The van der Waals surface area contributed by atoms with E-state index in [9.17, 15) is 0 Å². The van der Waals surface area contributed by atoms with Crippen molar-refractivity contribution in [1.29, 1.82) is 0 Å². The van der Waals surface area contributed by atoms with Crippen molar-refractivity contribution >= 4 is 17.5 Å². The van der Waals surface area contributed by atoms with Gasteiger partial charge < -0.3 is 5.32 Å². The Kier molecular flexibility index (Phi) is 3.59. The van der Waals surface area contributed by atoms with Crippen LogP contribution in [0.3, 0.4) is 0 Å². The summed E-state index contributed by atoms with van der Waals surface area (Å²) in [5, 5.41) is 3.39. The number of aromatic nitrogens is 5. The molecular weight excluding hydrogens is 264 g/mol. The number of anilines is 1. The van der Waals surface area contributed by atoms with Crippen LogP contribution in [0.4, 0.5) is 5.95 Å². The van der Waals surface area contributed by atoms with E-state index in [1.54, 1.807) is 23.3 Å². The third-order valence-corrected chi connectivity index (χ3v) is 3.56. The van der Waals surface area contributed by atoms with Crippen LogP contribution in [-0.4, -0.2) is 31.0 Å². The van der Waals surface area contributed by atoms with E-state index in [4.69, 9.17) is 11.6 Å². The lowest BCUT2D eigenvalue weighted by Gasteiger charge is -2.25. The van der Waals surface area contributed by atoms with Crippen molar-refractivity contribution in [2.45, 2.75) is 25.7 Å². The molecule has 0 saturated heterocycles. The summed E-state index contributed by atoms with van der Waals surface area (Å²) in [4.78, 5) is 16.4. The van der Waals surface area contributed by atoms with Gasteiger partial charge in [-0.1, -0.05) is 19.3 Å². The van der Waals surface area contributed by atoms with Gasteiger partial charge in [0.2, 0.25) is 17.2 Å². The zero-order valence-corrected chi connectivity index (χ0v) is 11.2. The van der Waals surface area contributed by atoms with Gasteiger partial charge >= 0.3 is 0 Å². The molecule has 0 bridgehead atoms. The predicted octanol–water partition coefficient (Wildman–Crippen LogP) is 2.31. The molecule has 0 aliphatic heterocycles. The number of imidazole rings is 1. The van der Waals surface area contributed by atoms with E-state index in [0.29, 0.717) is 11.9 Å². The summed E-state index contributed by atoms with van der Waals surface area (Å²) in [6.07, 6.45) is 10.3. The Balaban J connectivity index is 1.67. The molecule has 7 heteroatoms. The molecule has 0 amide bonds. The van der Waals surface area contributed by atoms with Crippen molar-refractivity contribution < 1.29 is 0 Å². The first-order chi connectivity index (χ1) is 9.31. The van der Waals surface area contributed by atoms with Gasteiger partial charge in [-0.3, -0.25) is 4.57 Å². The number of hydrogen-bond acceptors (Lipinski definition) is 5. The van der Waals surface area contributed by atoms with E-state index in [0.717, 1.165) is 18.9 Å². The fourth-order valence-electron chi connectivity index (χ4n) is 2.08. The van der Waals surface area contributed by atoms with Crippen molar-refractivity contribution in [3.05, 3.63) is 24.0 Å². The van der Waals surface area contributed by atoms with Crippen LogP contribution in [0.2, 0.25) is 5.28 Å². The third kappa shape index (κ3) is 3.01. The summed E-state index contributed by atoms with van der Waals surface area (Å²) in [6, 6.07) is 0. The van der Waals surface area contributed by atoms with Gasteiger partial charge in [-0.25, -0.2) is 4.98 Å². The Labute approximate surface area is 116 Å². The van der Waals surface area contributed by atoms with Gasteiger partial charge in [0.15, 0.2) is 0 Å². The highest BCUT2D eigenvalue weighted by Gasteiger charge is 2.16. The van der Waals surface area contributed by atoms with E-state index in [1.165, 1.54) is 19.3 Å². The van der Waals surface area contributed by atoms with Crippen LogP contribution in [0.15, 0.2) is 18.7 Å². The maximum Gasteiger partial charge on any atom is 0.241 e. The molecule has 3 rings (SSSR count). The summed E-state index contributed by atoms with van der Waals surface area (Å²) in [6.45, 7) is 0.869. The van der Waals surface area contributed by atoms with Crippen molar-refractivity contribution in [1.82, 2.24) is 24.5 Å². The highest BCUT2D eigenvalue weighted by molar-refractivity contribution is 6.28. The van der Waals surface area contributed by atoms with Gasteiger partial charge in [0.1, 0.15) is 6.33 Å². The fraction of sp³-hybridized carbons (Fsp3) is 0.500. The highest BCUT2D eigenvalue weighted by Crippen LogP contribution is 2.29. The molecule has 1 fully saturated rings. The first kappa shape index (κ1) is 12.3. The van der Waals surface area contributed by atoms with Crippen LogP contribution >= 0.6 is 11.6 Å². The maximum atomic E-state index is 5.91. The molecule has 1 aliphatic carbocycles. The second-order valence-electron chi connectivity index (χ2n) is 4.71. The molecule has 0 aromatic carbocycles. The van der Waals surface area contributed by atoms with Crippen LogP contribution in [0.25, 0.3) is 5.95 Å². The highest BCUT2D eigenvalue weighted by atomic mass is 35.5. The lowest BCUT2D eigenvalue weighted by molar-refractivity contribution is 0.303. The van der Waals surface area contributed by atoms with Crippen molar-refractivity contribution in [3.8, 4) is 5.95 Å². The lowest BCUT2D eigenvalue weighted by Crippen LogP contribution is -2.17. The molecular formula is C12H15ClN6. The molecule has 1 aliphatic rings. The zero-order chi connectivity index (χ0) is 13.1. The first-order valence-corrected chi connectivity index (χ1v) is 6.83. The minimum atomic E-state index is 0.185. The van der Waals surface area contributed by atoms with Gasteiger partial charge in [0.25, 0.3) is 0 Å². The standard InChI is InChI=1S/C12H15ClN6/c13-10-16-11(15-5-4-9-2-1-3-9)18-12(17-10)19-7-6-14-8-19/h6-9H,1-5H2,(H,15,16,17,18). The van der Waals surface area contributed by atoms with Gasteiger partial charge in [-0.2, -0.15) is 15.0 Å². The summed E-state index contributed by atoms with van der Waals surface area (Å²) in [7, 11) is 0. The Hall–Kier alpha value is -1.69. The summed E-state index contributed by atoms with van der Waals surface area (Å²) in [5.74, 6) is 1.85. The molecule has 2 heterocycles. The van der Waals surface area contributed by atoms with E-state index in [-0.39, 0.29) is 5.28 Å². The van der Waals surface area contributed by atoms with E-state index in [1.807, 2.05) is 0 Å². The largest absolute Gasteiger partial charge is 0.354 e. The van der Waals surface area contributed by atoms with Crippen LogP contribution in [0.5, 0.6) is 0 Å². The van der Waals surface area contributed by atoms with Gasteiger partial charge in [-0.05, 0) is 23.9 Å². The molecule has 19 heavy (non-hydrogen) atoms. The van der Waals surface area contributed by atoms with Crippen molar-refractivity contribution in [2.24, 2.45) is 5.92 Å². The van der Waals surface area contributed by atoms with Gasteiger partial charge in [0.05, 0.1) is 0 Å². The number of halogens is 1. The molecule has 2 aromatic heterocycles. The summed E-state index contributed by atoms with van der Waals surface area (Å²) in [5.41, 5.74) is 0. The summed E-state index contributed by atoms with van der Waals surface area (Å²) < 4.78 is 1.70. The molecule has 0 spiro atoms.